The Morgan fingerprint density at radius 3 is 2.45 bits per heavy atom. The average molecular weight is 558 g/mol. The Labute approximate surface area is 220 Å². The summed E-state index contributed by atoms with van der Waals surface area (Å²) in [5, 5.41) is 2.16. The Hall–Kier alpha value is -2.93. The van der Waals surface area contributed by atoms with Crippen LogP contribution < -0.4 is 5.32 Å². The van der Waals surface area contributed by atoms with Gasteiger partial charge in [0.2, 0.25) is 5.91 Å². The van der Waals surface area contributed by atoms with Crippen molar-refractivity contribution in [3.8, 4) is 0 Å². The summed E-state index contributed by atoms with van der Waals surface area (Å²) in [7, 11) is 0. The molecule has 0 aliphatic carbocycles. The number of nitrogens with zero attached hydrogens (tertiary/aromatic N) is 2. The summed E-state index contributed by atoms with van der Waals surface area (Å²) in [6, 6.07) is 1.76. The number of imide groups is 1. The number of thioether (sulfide) groups is 1. The first-order valence-corrected chi connectivity index (χ1v) is 13.1. The number of alkyl halides is 3. The van der Waals surface area contributed by atoms with Crippen molar-refractivity contribution in [2.24, 2.45) is 5.92 Å². The van der Waals surface area contributed by atoms with Gasteiger partial charge in [-0.2, -0.15) is 13.2 Å². The number of carbonyl (C=O) groups is 4. The number of hydrogen-bond donors (Lipinski definition) is 1. The van der Waals surface area contributed by atoms with Gasteiger partial charge in [0.05, 0.1) is 16.0 Å². The minimum absolute atomic E-state index is 0.000199. The molecular formula is C25H27F4N3O5S. The second kappa shape index (κ2) is 11.9. The van der Waals surface area contributed by atoms with Crippen molar-refractivity contribution >= 4 is 34.7 Å². The van der Waals surface area contributed by atoms with Gasteiger partial charge >= 0.3 is 6.18 Å². The standard InChI is InChI=1S/C25H27F4N3O5S/c26-17-1-2-19(25(27,28)29)18(13-17)22(34)31-9-4-16(5-10-31)21-23(35)32(24(36)38-21)14-20(33)30-8-3-15-6-11-37-12-7-15/h1-2,13,15H,3-12,14H2,(H,30,33). The van der Waals surface area contributed by atoms with Gasteiger partial charge in [-0.15, -0.1) is 0 Å². The predicted molar refractivity (Wildman–Crippen MR) is 129 cm³/mol. The van der Waals surface area contributed by atoms with Crippen LogP contribution in [-0.4, -0.2) is 72.2 Å². The van der Waals surface area contributed by atoms with E-state index in [1.54, 1.807) is 0 Å². The molecule has 1 aromatic carbocycles. The SMILES string of the molecule is O=C(CN1C(=O)SC(=C2CCN(C(=O)c3cc(F)ccc3C(F)(F)F)CC2)C1=O)NCCC1CCOCC1. The fourth-order valence-corrected chi connectivity index (χ4v) is 5.70. The maximum absolute atomic E-state index is 13.6. The third kappa shape index (κ3) is 6.55. The Bertz CT molecular complexity index is 1140. The van der Waals surface area contributed by atoms with Crippen LogP contribution in [-0.2, 0) is 20.5 Å². The third-order valence-corrected chi connectivity index (χ3v) is 7.92. The first kappa shape index (κ1) is 28.1. The lowest BCUT2D eigenvalue weighted by Crippen LogP contribution is -2.40. The second-order valence-electron chi connectivity index (χ2n) is 9.37. The number of halogens is 4. The van der Waals surface area contributed by atoms with E-state index in [4.69, 9.17) is 4.74 Å². The van der Waals surface area contributed by atoms with Crippen LogP contribution in [0.3, 0.4) is 0 Å². The molecule has 3 aliphatic rings. The van der Waals surface area contributed by atoms with Crippen LogP contribution in [0.4, 0.5) is 22.4 Å². The molecule has 0 aromatic heterocycles. The molecule has 0 saturated carbocycles. The van der Waals surface area contributed by atoms with Gasteiger partial charge in [0.1, 0.15) is 12.4 Å². The lowest BCUT2D eigenvalue weighted by atomic mass is 9.97. The molecule has 0 unspecified atom stereocenters. The second-order valence-corrected chi connectivity index (χ2v) is 10.3. The highest BCUT2D eigenvalue weighted by atomic mass is 32.2. The Morgan fingerprint density at radius 1 is 1.11 bits per heavy atom. The van der Waals surface area contributed by atoms with Crippen molar-refractivity contribution in [2.45, 2.75) is 38.3 Å². The summed E-state index contributed by atoms with van der Waals surface area (Å²) >= 11 is 0.712. The van der Waals surface area contributed by atoms with E-state index in [1.807, 2.05) is 0 Å². The van der Waals surface area contributed by atoms with Crippen molar-refractivity contribution in [3.05, 3.63) is 45.6 Å². The number of carbonyl (C=O) groups excluding carboxylic acids is 4. The predicted octanol–water partition coefficient (Wildman–Crippen LogP) is 3.96. The number of rotatable bonds is 6. The number of likely N-dealkylation sites (tertiary alicyclic amines) is 1. The Morgan fingerprint density at radius 2 is 1.79 bits per heavy atom. The number of ether oxygens (including phenoxy) is 1. The van der Waals surface area contributed by atoms with E-state index in [9.17, 15) is 36.7 Å². The van der Waals surface area contributed by atoms with Crippen LogP contribution in [0.1, 0.15) is 48.0 Å². The summed E-state index contributed by atoms with van der Waals surface area (Å²) in [4.78, 5) is 52.7. The van der Waals surface area contributed by atoms with Gasteiger partial charge in [-0.25, -0.2) is 4.39 Å². The summed E-state index contributed by atoms with van der Waals surface area (Å²) in [5.41, 5.74) is -1.40. The highest BCUT2D eigenvalue weighted by Crippen LogP contribution is 2.37. The number of nitrogens with one attached hydrogen (secondary N) is 1. The largest absolute Gasteiger partial charge is 0.417 e. The lowest BCUT2D eigenvalue weighted by molar-refractivity contribution is -0.138. The van der Waals surface area contributed by atoms with E-state index in [1.165, 1.54) is 4.90 Å². The Balaban J connectivity index is 1.33. The van der Waals surface area contributed by atoms with Crippen molar-refractivity contribution in [3.63, 3.8) is 0 Å². The normalized spacial score (nSPS) is 19.4. The smallest absolute Gasteiger partial charge is 0.381 e. The topological polar surface area (TPSA) is 96.0 Å². The van der Waals surface area contributed by atoms with E-state index in [2.05, 4.69) is 5.32 Å². The van der Waals surface area contributed by atoms with E-state index >= 15 is 0 Å². The van der Waals surface area contributed by atoms with Gasteiger partial charge in [-0.1, -0.05) is 0 Å². The van der Waals surface area contributed by atoms with Crippen LogP contribution >= 0.6 is 11.8 Å². The summed E-state index contributed by atoms with van der Waals surface area (Å²) < 4.78 is 58.9. The molecule has 13 heteroatoms. The van der Waals surface area contributed by atoms with E-state index in [-0.39, 0.29) is 30.8 Å². The maximum Gasteiger partial charge on any atom is 0.417 e. The molecule has 3 fully saturated rings. The highest BCUT2D eigenvalue weighted by Gasteiger charge is 2.40. The lowest BCUT2D eigenvalue weighted by Gasteiger charge is -2.30. The molecule has 4 rings (SSSR count). The molecule has 0 atom stereocenters. The monoisotopic (exact) mass is 557 g/mol. The zero-order valence-corrected chi connectivity index (χ0v) is 21.3. The van der Waals surface area contributed by atoms with Gasteiger partial charge in [0.15, 0.2) is 0 Å². The molecule has 206 valence electrons. The van der Waals surface area contributed by atoms with Crippen molar-refractivity contribution in [2.75, 3.05) is 39.4 Å². The molecule has 0 bridgehead atoms. The molecule has 38 heavy (non-hydrogen) atoms. The quantitative estimate of drug-likeness (QED) is 0.420. The third-order valence-electron chi connectivity index (χ3n) is 6.86. The number of hydrogen-bond acceptors (Lipinski definition) is 6. The molecule has 8 nitrogen and oxygen atoms in total. The van der Waals surface area contributed by atoms with Crippen LogP contribution in [0, 0.1) is 11.7 Å². The van der Waals surface area contributed by atoms with Gasteiger partial charge in [0, 0.05) is 32.8 Å². The minimum atomic E-state index is -4.82. The zero-order valence-electron chi connectivity index (χ0n) is 20.4. The van der Waals surface area contributed by atoms with Gasteiger partial charge in [-0.05, 0) is 73.6 Å². The summed E-state index contributed by atoms with van der Waals surface area (Å²) in [5.74, 6) is -2.49. The van der Waals surface area contributed by atoms with Crippen molar-refractivity contribution < 1.29 is 41.5 Å². The van der Waals surface area contributed by atoms with Crippen molar-refractivity contribution in [1.82, 2.24) is 15.1 Å². The van der Waals surface area contributed by atoms with Gasteiger partial charge in [-0.3, -0.25) is 24.1 Å². The zero-order chi connectivity index (χ0) is 27.4. The highest BCUT2D eigenvalue weighted by molar-refractivity contribution is 8.18. The fourth-order valence-electron chi connectivity index (χ4n) is 4.72. The van der Waals surface area contributed by atoms with E-state index in [0.29, 0.717) is 61.2 Å². The molecule has 1 aromatic rings. The van der Waals surface area contributed by atoms with Crippen LogP contribution in [0.15, 0.2) is 28.7 Å². The van der Waals surface area contributed by atoms with Crippen LogP contribution in [0.25, 0.3) is 0 Å². The molecule has 3 aliphatic heterocycles. The molecule has 0 radical (unpaired) electrons. The number of piperidine rings is 1. The number of benzene rings is 1. The fraction of sp³-hybridized carbons (Fsp3) is 0.520. The van der Waals surface area contributed by atoms with Crippen LogP contribution in [0.5, 0.6) is 0 Å². The molecule has 0 spiro atoms. The molecular weight excluding hydrogens is 530 g/mol. The molecule has 3 saturated heterocycles. The Kier molecular flexibility index (Phi) is 8.76. The first-order chi connectivity index (χ1) is 18.0. The van der Waals surface area contributed by atoms with E-state index < -0.39 is 52.6 Å². The van der Waals surface area contributed by atoms with Crippen LogP contribution in [0.2, 0.25) is 0 Å². The summed E-state index contributed by atoms with van der Waals surface area (Å²) in [6.07, 6.45) is -1.85. The van der Waals surface area contributed by atoms with Gasteiger partial charge in [0.25, 0.3) is 17.1 Å². The molecule has 4 amide bonds. The minimum Gasteiger partial charge on any atom is -0.381 e. The maximum atomic E-state index is 13.6. The molecule has 1 N–H and O–H groups in total. The average Bonchev–Trinajstić information content (AvgIpc) is 3.16. The van der Waals surface area contributed by atoms with Crippen molar-refractivity contribution in [1.29, 1.82) is 0 Å². The first-order valence-electron chi connectivity index (χ1n) is 12.3. The van der Waals surface area contributed by atoms with E-state index in [0.717, 1.165) is 24.2 Å². The molecule has 3 heterocycles. The summed E-state index contributed by atoms with van der Waals surface area (Å²) in [6.45, 7) is 1.44. The number of amides is 4. The van der Waals surface area contributed by atoms with Gasteiger partial charge < -0.3 is 15.0 Å².